The van der Waals surface area contributed by atoms with Crippen LogP contribution in [-0.4, -0.2) is 52.7 Å². The van der Waals surface area contributed by atoms with E-state index in [9.17, 15) is 19.5 Å². The molecule has 2 aromatic rings. The fraction of sp³-hybridized carbons (Fsp3) is 0.423. The fourth-order valence-corrected chi connectivity index (χ4v) is 5.17. The van der Waals surface area contributed by atoms with Gasteiger partial charge in [-0.15, -0.1) is 0 Å². The third-order valence-electron chi connectivity index (χ3n) is 6.74. The van der Waals surface area contributed by atoms with Crippen molar-refractivity contribution in [1.82, 2.24) is 10.2 Å². The minimum absolute atomic E-state index is 0.0775. The van der Waals surface area contributed by atoms with Crippen LogP contribution in [0.25, 0.3) is 11.1 Å². The van der Waals surface area contributed by atoms with Gasteiger partial charge in [-0.25, -0.2) is 9.59 Å². The number of alkyl carbamates (subject to hydrolysis) is 1. The third-order valence-corrected chi connectivity index (χ3v) is 6.74. The van der Waals surface area contributed by atoms with Crippen molar-refractivity contribution in [3.63, 3.8) is 0 Å². The van der Waals surface area contributed by atoms with Crippen molar-refractivity contribution in [1.29, 1.82) is 0 Å². The molecule has 1 saturated heterocycles. The van der Waals surface area contributed by atoms with E-state index in [1.54, 1.807) is 6.92 Å². The first-order valence-corrected chi connectivity index (χ1v) is 11.5. The molecule has 2 N–H and O–H groups in total. The monoisotopic (exact) mass is 450 g/mol. The highest BCUT2D eigenvalue weighted by molar-refractivity contribution is 5.93. The molecule has 0 bridgehead atoms. The second-order valence-corrected chi connectivity index (χ2v) is 9.03. The number of likely N-dealkylation sites (tertiary alicyclic amines) is 1. The maximum atomic E-state index is 13.3. The normalized spacial score (nSPS) is 18.8. The molecule has 33 heavy (non-hydrogen) atoms. The number of amides is 2. The van der Waals surface area contributed by atoms with E-state index in [-0.39, 0.29) is 18.4 Å². The molecule has 2 amide bonds. The van der Waals surface area contributed by atoms with Crippen LogP contribution >= 0.6 is 0 Å². The number of benzene rings is 2. The van der Waals surface area contributed by atoms with Gasteiger partial charge in [-0.3, -0.25) is 4.79 Å². The lowest BCUT2D eigenvalue weighted by Crippen LogP contribution is -2.59. The Morgan fingerprint density at radius 3 is 2.27 bits per heavy atom. The fourth-order valence-electron chi connectivity index (χ4n) is 5.17. The highest BCUT2D eigenvalue weighted by Crippen LogP contribution is 2.44. The highest BCUT2D eigenvalue weighted by Gasteiger charge is 2.44. The molecule has 2 atom stereocenters. The Bertz CT molecular complexity index is 1020. The molecule has 0 saturated carbocycles. The largest absolute Gasteiger partial charge is 0.480 e. The quantitative estimate of drug-likeness (QED) is 0.660. The van der Waals surface area contributed by atoms with Gasteiger partial charge in [0.05, 0.1) is 0 Å². The number of carboxylic acids is 1. The predicted octanol–water partition coefficient (Wildman–Crippen LogP) is 4.16. The zero-order valence-electron chi connectivity index (χ0n) is 19.0. The topological polar surface area (TPSA) is 95.9 Å². The number of nitrogens with one attached hydrogen (secondary N) is 1. The van der Waals surface area contributed by atoms with E-state index < -0.39 is 23.6 Å². The molecule has 1 unspecified atom stereocenters. The molecule has 2 aliphatic rings. The molecule has 1 fully saturated rings. The van der Waals surface area contributed by atoms with Crippen molar-refractivity contribution >= 4 is 18.0 Å². The first-order chi connectivity index (χ1) is 15.9. The minimum Gasteiger partial charge on any atom is -0.480 e. The number of carbonyl (C=O) groups is 3. The molecule has 0 aromatic heterocycles. The number of hydrogen-bond acceptors (Lipinski definition) is 4. The third kappa shape index (κ3) is 4.32. The van der Waals surface area contributed by atoms with Crippen molar-refractivity contribution in [3.8, 4) is 11.1 Å². The molecule has 1 heterocycles. The summed E-state index contributed by atoms with van der Waals surface area (Å²) in [6.07, 6.45) is 1.42. The molecular weight excluding hydrogens is 420 g/mol. The standard InChI is InChI=1S/C26H30N2O5/c1-3-14-26(2,24(31)28-15-8-13-22(28)23(29)30)27-25(32)33-16-21-19-11-6-4-9-17(19)18-10-5-7-12-20(18)21/h4-7,9-12,21-22H,3,8,13-16H2,1-2H3,(H,27,32)(H,29,30)/t22-,26?/m1/s1. The summed E-state index contributed by atoms with van der Waals surface area (Å²) >= 11 is 0. The van der Waals surface area contributed by atoms with Gasteiger partial charge in [0.2, 0.25) is 5.91 Å². The van der Waals surface area contributed by atoms with Crippen LogP contribution in [0.5, 0.6) is 0 Å². The van der Waals surface area contributed by atoms with Crippen molar-refractivity contribution in [2.75, 3.05) is 13.2 Å². The zero-order valence-corrected chi connectivity index (χ0v) is 19.0. The van der Waals surface area contributed by atoms with Crippen molar-refractivity contribution in [3.05, 3.63) is 59.7 Å². The molecule has 4 rings (SSSR count). The lowest BCUT2D eigenvalue weighted by molar-refractivity contribution is -0.150. The Balaban J connectivity index is 1.47. The summed E-state index contributed by atoms with van der Waals surface area (Å²) in [7, 11) is 0. The second-order valence-electron chi connectivity index (χ2n) is 9.03. The summed E-state index contributed by atoms with van der Waals surface area (Å²) in [4.78, 5) is 39.1. The smallest absolute Gasteiger partial charge is 0.408 e. The summed E-state index contributed by atoms with van der Waals surface area (Å²) in [5.41, 5.74) is 3.28. The first-order valence-electron chi connectivity index (χ1n) is 11.5. The minimum atomic E-state index is -1.23. The molecule has 2 aromatic carbocycles. The summed E-state index contributed by atoms with van der Waals surface area (Å²) < 4.78 is 5.63. The average molecular weight is 451 g/mol. The van der Waals surface area contributed by atoms with Crippen molar-refractivity contribution < 1.29 is 24.2 Å². The van der Waals surface area contributed by atoms with Gasteiger partial charge < -0.3 is 20.1 Å². The molecule has 174 valence electrons. The van der Waals surface area contributed by atoms with Crippen LogP contribution in [0.1, 0.15) is 56.6 Å². The van der Waals surface area contributed by atoms with Crippen LogP contribution < -0.4 is 5.32 Å². The summed E-state index contributed by atoms with van der Waals surface area (Å²) in [5.74, 6) is -1.46. The van der Waals surface area contributed by atoms with E-state index in [1.165, 1.54) is 4.90 Å². The van der Waals surface area contributed by atoms with Crippen LogP contribution in [0.2, 0.25) is 0 Å². The van der Waals surface area contributed by atoms with Crippen LogP contribution in [0, 0.1) is 0 Å². The summed E-state index contributed by atoms with van der Waals surface area (Å²) in [6, 6.07) is 15.3. The van der Waals surface area contributed by atoms with E-state index >= 15 is 0 Å². The highest BCUT2D eigenvalue weighted by atomic mass is 16.5. The zero-order chi connectivity index (χ0) is 23.6. The molecule has 0 radical (unpaired) electrons. The predicted molar refractivity (Wildman–Crippen MR) is 124 cm³/mol. The van der Waals surface area contributed by atoms with Gasteiger partial charge in [-0.2, -0.15) is 0 Å². The van der Waals surface area contributed by atoms with E-state index in [2.05, 4.69) is 17.4 Å². The van der Waals surface area contributed by atoms with E-state index in [1.807, 2.05) is 43.3 Å². The molecule has 0 spiro atoms. The van der Waals surface area contributed by atoms with Gasteiger partial charge in [-0.05, 0) is 48.4 Å². The van der Waals surface area contributed by atoms with Crippen LogP contribution in [-0.2, 0) is 14.3 Å². The van der Waals surface area contributed by atoms with Crippen molar-refractivity contribution in [2.24, 2.45) is 0 Å². The number of nitrogens with zero attached hydrogens (tertiary/aromatic N) is 1. The Kier molecular flexibility index (Phi) is 6.40. The van der Waals surface area contributed by atoms with Gasteiger partial charge in [0.1, 0.15) is 18.2 Å². The van der Waals surface area contributed by atoms with Gasteiger partial charge >= 0.3 is 12.1 Å². The molecule has 1 aliphatic heterocycles. The van der Waals surface area contributed by atoms with E-state index in [0.29, 0.717) is 32.2 Å². The number of hydrogen-bond donors (Lipinski definition) is 2. The SMILES string of the molecule is CCCC(C)(NC(=O)OCC1c2ccccc2-c2ccccc21)C(=O)N1CCC[C@@H]1C(=O)O. The molecule has 7 nitrogen and oxygen atoms in total. The van der Waals surface area contributed by atoms with Crippen molar-refractivity contribution in [2.45, 2.75) is 57.0 Å². The molecular formula is C26H30N2O5. The van der Waals surface area contributed by atoms with Crippen LogP contribution in [0.15, 0.2) is 48.5 Å². The average Bonchev–Trinajstić information content (AvgIpc) is 3.41. The number of carbonyl (C=O) groups excluding carboxylic acids is 2. The lowest BCUT2D eigenvalue weighted by Gasteiger charge is -2.34. The Morgan fingerprint density at radius 2 is 1.70 bits per heavy atom. The Morgan fingerprint density at radius 1 is 1.09 bits per heavy atom. The number of ether oxygens (including phenoxy) is 1. The summed E-state index contributed by atoms with van der Waals surface area (Å²) in [6.45, 7) is 4.10. The van der Waals surface area contributed by atoms with E-state index in [4.69, 9.17) is 4.74 Å². The number of fused-ring (bicyclic) bond motifs is 3. The maximum Gasteiger partial charge on any atom is 0.408 e. The van der Waals surface area contributed by atoms with Gasteiger partial charge in [0.15, 0.2) is 0 Å². The number of rotatable bonds is 7. The Labute approximate surface area is 193 Å². The lowest BCUT2D eigenvalue weighted by atomic mass is 9.94. The number of aliphatic carboxylic acids is 1. The Hall–Kier alpha value is -3.35. The number of carboxylic acid groups (broad SMARTS) is 1. The molecule has 7 heteroatoms. The molecule has 1 aliphatic carbocycles. The van der Waals surface area contributed by atoms with E-state index in [0.717, 1.165) is 22.3 Å². The van der Waals surface area contributed by atoms with Gasteiger partial charge in [0.25, 0.3) is 0 Å². The second kappa shape index (κ2) is 9.25. The first kappa shape index (κ1) is 22.8. The van der Waals surface area contributed by atoms with Crippen LogP contribution in [0.4, 0.5) is 4.79 Å². The summed E-state index contributed by atoms with van der Waals surface area (Å²) in [5, 5.41) is 12.2. The van der Waals surface area contributed by atoms with Gasteiger partial charge in [-0.1, -0.05) is 61.9 Å². The van der Waals surface area contributed by atoms with Gasteiger partial charge in [0, 0.05) is 12.5 Å². The maximum absolute atomic E-state index is 13.3. The van der Waals surface area contributed by atoms with Crippen LogP contribution in [0.3, 0.4) is 0 Å².